The summed E-state index contributed by atoms with van der Waals surface area (Å²) in [7, 11) is 0. The maximum atomic E-state index is 10.8. The average molecular weight is 234 g/mol. The molecule has 0 aromatic heterocycles. The van der Waals surface area contributed by atoms with E-state index in [1.807, 2.05) is 6.07 Å². The number of hydrogen-bond donors (Lipinski definition) is 0. The first kappa shape index (κ1) is 12.6. The van der Waals surface area contributed by atoms with Gasteiger partial charge in [0.25, 0.3) is 5.69 Å². The van der Waals surface area contributed by atoms with E-state index in [1.165, 1.54) is 12.1 Å². The lowest BCUT2D eigenvalue weighted by Gasteiger charge is -2.11. The van der Waals surface area contributed by atoms with Gasteiger partial charge in [-0.05, 0) is 12.5 Å². The lowest BCUT2D eigenvalue weighted by Crippen LogP contribution is -2.13. The lowest BCUT2D eigenvalue weighted by atomic mass is 10.2. The summed E-state index contributed by atoms with van der Waals surface area (Å²) in [6, 6.07) is 5.58. The molecule has 1 aromatic rings. The monoisotopic (exact) mass is 234 g/mol. The number of carbonyl (C=O) groups is 1. The van der Waals surface area contributed by atoms with Gasteiger partial charge in [-0.2, -0.15) is 5.26 Å². The van der Waals surface area contributed by atoms with E-state index < -0.39 is 11.0 Å². The predicted octanol–water partition coefficient (Wildman–Crippen LogP) is 2.09. The van der Waals surface area contributed by atoms with Gasteiger partial charge in [0.2, 0.25) is 0 Å². The first-order valence-electron chi connectivity index (χ1n) is 4.92. The van der Waals surface area contributed by atoms with Gasteiger partial charge in [-0.1, -0.05) is 6.92 Å². The van der Waals surface area contributed by atoms with Crippen LogP contribution >= 0.6 is 0 Å². The second-order valence-electron chi connectivity index (χ2n) is 3.24. The van der Waals surface area contributed by atoms with Crippen LogP contribution in [0.15, 0.2) is 18.2 Å². The van der Waals surface area contributed by atoms with Crippen molar-refractivity contribution in [2.75, 3.05) is 0 Å². The molecule has 0 bridgehead atoms. The molecule has 17 heavy (non-hydrogen) atoms. The number of hydrogen-bond acceptors (Lipinski definition) is 5. The quantitative estimate of drug-likeness (QED) is 0.441. The van der Waals surface area contributed by atoms with Crippen LogP contribution in [0.1, 0.15) is 23.7 Å². The van der Waals surface area contributed by atoms with Crippen LogP contribution < -0.4 is 4.74 Å². The van der Waals surface area contributed by atoms with Gasteiger partial charge in [0.1, 0.15) is 11.8 Å². The molecule has 0 aliphatic heterocycles. The summed E-state index contributed by atoms with van der Waals surface area (Å²) in [5.41, 5.74) is -0.127. The SMILES string of the molecule is CCC(C#N)Oc1ccc([N+](=O)[O-])cc1C=O. The summed E-state index contributed by atoms with van der Waals surface area (Å²) in [4.78, 5) is 20.7. The third-order valence-electron chi connectivity index (χ3n) is 2.12. The molecule has 1 aromatic carbocycles. The van der Waals surface area contributed by atoms with Crippen LogP contribution in [0.3, 0.4) is 0 Å². The molecule has 0 aliphatic carbocycles. The summed E-state index contributed by atoms with van der Waals surface area (Å²) < 4.78 is 5.25. The number of aldehydes is 1. The van der Waals surface area contributed by atoms with E-state index in [9.17, 15) is 14.9 Å². The normalized spacial score (nSPS) is 11.3. The summed E-state index contributed by atoms with van der Waals surface area (Å²) in [6.45, 7) is 1.76. The molecule has 1 atom stereocenters. The van der Waals surface area contributed by atoms with Crippen LogP contribution in [0.2, 0.25) is 0 Å². The van der Waals surface area contributed by atoms with Gasteiger partial charge >= 0.3 is 0 Å². The van der Waals surface area contributed by atoms with Crippen LogP contribution in [0.4, 0.5) is 5.69 Å². The van der Waals surface area contributed by atoms with Gasteiger partial charge in [0.05, 0.1) is 10.5 Å². The molecule has 0 heterocycles. The zero-order valence-electron chi connectivity index (χ0n) is 9.12. The molecule has 0 fully saturated rings. The number of non-ortho nitro benzene ring substituents is 1. The Balaban J connectivity index is 3.05. The van der Waals surface area contributed by atoms with Crippen molar-refractivity contribution in [3.63, 3.8) is 0 Å². The second-order valence-corrected chi connectivity index (χ2v) is 3.24. The van der Waals surface area contributed by atoms with E-state index >= 15 is 0 Å². The lowest BCUT2D eigenvalue weighted by molar-refractivity contribution is -0.384. The van der Waals surface area contributed by atoms with Gasteiger partial charge < -0.3 is 4.74 Å². The molecule has 1 rings (SSSR count). The Labute approximate surface area is 97.6 Å². The molecule has 0 saturated carbocycles. The zero-order valence-corrected chi connectivity index (χ0v) is 9.12. The summed E-state index contributed by atoms with van der Waals surface area (Å²) in [6.07, 6.45) is 0.258. The maximum absolute atomic E-state index is 10.8. The number of benzene rings is 1. The number of ether oxygens (including phenoxy) is 1. The fraction of sp³-hybridized carbons (Fsp3) is 0.273. The Hall–Kier alpha value is -2.42. The Morgan fingerprint density at radius 2 is 2.35 bits per heavy atom. The number of nitriles is 1. The highest BCUT2D eigenvalue weighted by molar-refractivity contribution is 5.80. The van der Waals surface area contributed by atoms with Crippen LogP contribution in [-0.2, 0) is 0 Å². The van der Waals surface area contributed by atoms with Gasteiger partial charge in [0.15, 0.2) is 12.4 Å². The van der Waals surface area contributed by atoms with Gasteiger partial charge in [-0.25, -0.2) is 0 Å². The van der Waals surface area contributed by atoms with Crippen LogP contribution in [0, 0.1) is 21.4 Å². The van der Waals surface area contributed by atoms with Crippen LogP contribution in [-0.4, -0.2) is 17.3 Å². The Morgan fingerprint density at radius 3 is 2.82 bits per heavy atom. The largest absolute Gasteiger partial charge is 0.475 e. The van der Waals surface area contributed by atoms with Gasteiger partial charge in [-0.3, -0.25) is 14.9 Å². The van der Waals surface area contributed by atoms with Crippen molar-refractivity contribution in [3.8, 4) is 11.8 Å². The van der Waals surface area contributed by atoms with E-state index in [-0.39, 0.29) is 17.0 Å². The summed E-state index contributed by atoms with van der Waals surface area (Å²) in [5, 5.41) is 19.2. The molecule has 0 spiro atoms. The third kappa shape index (κ3) is 3.01. The van der Waals surface area contributed by atoms with Crippen molar-refractivity contribution in [3.05, 3.63) is 33.9 Å². The third-order valence-corrected chi connectivity index (χ3v) is 2.12. The highest BCUT2D eigenvalue weighted by atomic mass is 16.6. The molecule has 6 heteroatoms. The molecule has 6 nitrogen and oxygen atoms in total. The standard InChI is InChI=1S/C11H10N2O4/c1-2-10(6-12)17-11-4-3-9(13(15)16)5-8(11)7-14/h3-5,7,10H,2H2,1H3. The fourth-order valence-electron chi connectivity index (χ4n) is 1.20. The fourth-order valence-corrected chi connectivity index (χ4v) is 1.20. The molecular weight excluding hydrogens is 224 g/mol. The second kappa shape index (κ2) is 5.61. The minimum absolute atomic E-state index is 0.0629. The summed E-state index contributed by atoms with van der Waals surface area (Å²) in [5.74, 6) is 0.180. The minimum Gasteiger partial charge on any atom is -0.475 e. The molecule has 88 valence electrons. The van der Waals surface area contributed by atoms with Crippen LogP contribution in [0.5, 0.6) is 5.75 Å². The molecular formula is C11H10N2O4. The molecule has 0 aliphatic rings. The molecule has 1 unspecified atom stereocenters. The predicted molar refractivity (Wildman–Crippen MR) is 58.8 cm³/mol. The van der Waals surface area contributed by atoms with Gasteiger partial charge in [-0.15, -0.1) is 0 Å². The van der Waals surface area contributed by atoms with E-state index in [4.69, 9.17) is 10.00 Å². The number of nitro benzene ring substituents is 1. The Kier molecular flexibility index (Phi) is 4.17. The molecule has 0 radical (unpaired) electrons. The molecule has 0 N–H and O–H groups in total. The maximum Gasteiger partial charge on any atom is 0.270 e. The van der Waals surface area contributed by atoms with Crippen molar-refractivity contribution in [2.24, 2.45) is 0 Å². The van der Waals surface area contributed by atoms with Crippen LogP contribution in [0.25, 0.3) is 0 Å². The summed E-state index contributed by atoms with van der Waals surface area (Å²) >= 11 is 0. The first-order valence-corrected chi connectivity index (χ1v) is 4.92. The average Bonchev–Trinajstić information content (AvgIpc) is 2.35. The molecule has 0 amide bonds. The van der Waals surface area contributed by atoms with Crippen molar-refractivity contribution >= 4 is 12.0 Å². The van der Waals surface area contributed by atoms with E-state index in [0.29, 0.717) is 12.7 Å². The number of rotatable bonds is 5. The highest BCUT2D eigenvalue weighted by Gasteiger charge is 2.14. The van der Waals surface area contributed by atoms with Crippen molar-refractivity contribution < 1.29 is 14.5 Å². The van der Waals surface area contributed by atoms with E-state index in [0.717, 1.165) is 6.07 Å². The Morgan fingerprint density at radius 1 is 1.65 bits per heavy atom. The number of nitrogens with zero attached hydrogens (tertiary/aromatic N) is 2. The topological polar surface area (TPSA) is 93.2 Å². The first-order chi connectivity index (χ1) is 8.12. The minimum atomic E-state index is -0.671. The van der Waals surface area contributed by atoms with E-state index in [1.54, 1.807) is 6.92 Å². The van der Waals surface area contributed by atoms with Crippen molar-refractivity contribution in [1.29, 1.82) is 5.26 Å². The van der Waals surface area contributed by atoms with Crippen molar-refractivity contribution in [1.82, 2.24) is 0 Å². The smallest absolute Gasteiger partial charge is 0.270 e. The number of carbonyl (C=O) groups excluding carboxylic acids is 1. The van der Waals surface area contributed by atoms with Crippen molar-refractivity contribution in [2.45, 2.75) is 19.4 Å². The highest BCUT2D eigenvalue weighted by Crippen LogP contribution is 2.24. The Bertz CT molecular complexity index is 479. The van der Waals surface area contributed by atoms with Gasteiger partial charge in [0, 0.05) is 12.1 Å². The zero-order chi connectivity index (χ0) is 12.8. The van der Waals surface area contributed by atoms with E-state index in [2.05, 4.69) is 0 Å². The number of nitro groups is 1. The molecule has 0 saturated heterocycles.